The number of likely N-dealkylation sites (tertiary alicyclic amines) is 1. The molecule has 116 valence electrons. The van der Waals surface area contributed by atoms with Gasteiger partial charge in [0.1, 0.15) is 12.4 Å². The Morgan fingerprint density at radius 1 is 1.33 bits per heavy atom. The molecule has 0 bridgehead atoms. The number of methoxy groups -OCH3 is 1. The highest BCUT2D eigenvalue weighted by molar-refractivity contribution is 5.78. The van der Waals surface area contributed by atoms with Crippen molar-refractivity contribution in [2.75, 3.05) is 26.8 Å². The molecule has 1 aromatic carbocycles. The summed E-state index contributed by atoms with van der Waals surface area (Å²) in [6.45, 7) is 5.19. The molecule has 1 heterocycles. The molecular formula is C16H24N2O3. The molecule has 2 rings (SSSR count). The van der Waals surface area contributed by atoms with Gasteiger partial charge in [-0.05, 0) is 31.5 Å². The molecule has 5 heteroatoms. The molecule has 1 aliphatic heterocycles. The van der Waals surface area contributed by atoms with Crippen LogP contribution in [-0.2, 0) is 9.53 Å². The molecule has 1 aliphatic rings. The Balaban J connectivity index is 1.98. The summed E-state index contributed by atoms with van der Waals surface area (Å²) < 4.78 is 10.5. The van der Waals surface area contributed by atoms with E-state index in [-0.39, 0.29) is 30.6 Å². The molecule has 0 saturated carbocycles. The largest absolute Gasteiger partial charge is 0.497 e. The fourth-order valence-electron chi connectivity index (χ4n) is 2.57. The van der Waals surface area contributed by atoms with Gasteiger partial charge in [-0.25, -0.2) is 0 Å². The monoisotopic (exact) mass is 292 g/mol. The van der Waals surface area contributed by atoms with Gasteiger partial charge in [-0.3, -0.25) is 4.79 Å². The second kappa shape index (κ2) is 6.91. The molecule has 1 fully saturated rings. The Morgan fingerprint density at radius 2 is 2.00 bits per heavy atom. The van der Waals surface area contributed by atoms with Crippen LogP contribution in [0.15, 0.2) is 24.3 Å². The second-order valence-electron chi connectivity index (χ2n) is 5.70. The Hall–Kier alpha value is -1.59. The van der Waals surface area contributed by atoms with Crippen LogP contribution in [0.5, 0.6) is 5.75 Å². The number of amides is 1. The van der Waals surface area contributed by atoms with Gasteiger partial charge in [-0.1, -0.05) is 12.1 Å². The molecule has 1 amide bonds. The highest BCUT2D eigenvalue weighted by Crippen LogP contribution is 2.28. The van der Waals surface area contributed by atoms with Crippen molar-refractivity contribution in [2.45, 2.75) is 31.9 Å². The number of carbonyl (C=O) groups is 1. The van der Waals surface area contributed by atoms with E-state index >= 15 is 0 Å². The van der Waals surface area contributed by atoms with Crippen LogP contribution < -0.4 is 10.5 Å². The molecule has 0 aliphatic carbocycles. The number of nitrogens with two attached hydrogens (primary N) is 1. The Bertz CT molecular complexity index is 473. The molecule has 0 aromatic heterocycles. The number of benzene rings is 1. The minimum absolute atomic E-state index is 0.00941. The highest BCUT2D eigenvalue weighted by Gasteiger charge is 2.33. The molecule has 1 aromatic rings. The van der Waals surface area contributed by atoms with Crippen LogP contribution in [0.4, 0.5) is 0 Å². The summed E-state index contributed by atoms with van der Waals surface area (Å²) in [6, 6.07) is 7.84. The SMILES string of the molecule is COc1ccc([C@H]2CN(C(=O)COC(C)C)C[C@@H]2N)cc1. The van der Waals surface area contributed by atoms with Crippen molar-refractivity contribution in [3.8, 4) is 5.75 Å². The zero-order valence-corrected chi connectivity index (χ0v) is 12.9. The van der Waals surface area contributed by atoms with Crippen molar-refractivity contribution in [1.82, 2.24) is 4.90 Å². The Labute approximate surface area is 126 Å². The molecular weight excluding hydrogens is 268 g/mol. The van der Waals surface area contributed by atoms with Gasteiger partial charge >= 0.3 is 0 Å². The molecule has 1 saturated heterocycles. The van der Waals surface area contributed by atoms with E-state index < -0.39 is 0 Å². The van der Waals surface area contributed by atoms with E-state index in [0.29, 0.717) is 13.1 Å². The quantitative estimate of drug-likeness (QED) is 0.890. The molecule has 2 N–H and O–H groups in total. The van der Waals surface area contributed by atoms with Crippen LogP contribution >= 0.6 is 0 Å². The maximum absolute atomic E-state index is 12.1. The van der Waals surface area contributed by atoms with Crippen LogP contribution in [0.1, 0.15) is 25.3 Å². The topological polar surface area (TPSA) is 64.8 Å². The van der Waals surface area contributed by atoms with Gasteiger partial charge in [0.25, 0.3) is 0 Å². The summed E-state index contributed by atoms with van der Waals surface area (Å²) in [6.07, 6.45) is 0.0580. The lowest BCUT2D eigenvalue weighted by atomic mass is 9.95. The van der Waals surface area contributed by atoms with Gasteiger partial charge in [0.2, 0.25) is 5.91 Å². The van der Waals surface area contributed by atoms with Gasteiger partial charge in [-0.15, -0.1) is 0 Å². The number of rotatable bonds is 5. The van der Waals surface area contributed by atoms with E-state index in [4.69, 9.17) is 15.2 Å². The fraction of sp³-hybridized carbons (Fsp3) is 0.562. The second-order valence-corrected chi connectivity index (χ2v) is 5.70. The normalized spacial score (nSPS) is 21.9. The lowest BCUT2D eigenvalue weighted by molar-refractivity contribution is -0.136. The highest BCUT2D eigenvalue weighted by atomic mass is 16.5. The third-order valence-electron chi connectivity index (χ3n) is 3.80. The molecule has 0 unspecified atom stereocenters. The summed E-state index contributed by atoms with van der Waals surface area (Å²) in [5, 5.41) is 0. The van der Waals surface area contributed by atoms with E-state index in [1.165, 1.54) is 0 Å². The van der Waals surface area contributed by atoms with Crippen LogP contribution in [0.25, 0.3) is 0 Å². The van der Waals surface area contributed by atoms with Crippen LogP contribution in [-0.4, -0.2) is 49.8 Å². The van der Waals surface area contributed by atoms with E-state index in [9.17, 15) is 4.79 Å². The Morgan fingerprint density at radius 3 is 2.57 bits per heavy atom. The van der Waals surface area contributed by atoms with Crippen molar-refractivity contribution in [2.24, 2.45) is 5.73 Å². The number of carbonyl (C=O) groups excluding carboxylic acids is 1. The first-order valence-electron chi connectivity index (χ1n) is 7.30. The van der Waals surface area contributed by atoms with Crippen molar-refractivity contribution in [3.05, 3.63) is 29.8 Å². The van der Waals surface area contributed by atoms with Crippen molar-refractivity contribution < 1.29 is 14.3 Å². The lowest BCUT2D eigenvalue weighted by Gasteiger charge is -2.17. The van der Waals surface area contributed by atoms with Gasteiger partial charge in [0.15, 0.2) is 0 Å². The van der Waals surface area contributed by atoms with E-state index in [2.05, 4.69) is 0 Å². The summed E-state index contributed by atoms with van der Waals surface area (Å²) in [5.74, 6) is 0.998. The minimum atomic E-state index is -0.0404. The van der Waals surface area contributed by atoms with Gasteiger partial charge in [-0.2, -0.15) is 0 Å². The first-order valence-corrected chi connectivity index (χ1v) is 7.30. The van der Waals surface area contributed by atoms with Gasteiger partial charge in [0, 0.05) is 25.0 Å². The number of ether oxygens (including phenoxy) is 2. The molecule has 0 radical (unpaired) electrons. The van der Waals surface area contributed by atoms with Crippen LogP contribution in [0, 0.1) is 0 Å². The van der Waals surface area contributed by atoms with E-state index in [1.54, 1.807) is 12.0 Å². The van der Waals surface area contributed by atoms with Gasteiger partial charge < -0.3 is 20.1 Å². The van der Waals surface area contributed by atoms with E-state index in [0.717, 1.165) is 11.3 Å². The lowest BCUT2D eigenvalue weighted by Crippen LogP contribution is -2.35. The fourth-order valence-corrected chi connectivity index (χ4v) is 2.57. The van der Waals surface area contributed by atoms with Gasteiger partial charge in [0.05, 0.1) is 13.2 Å². The smallest absolute Gasteiger partial charge is 0.248 e. The number of hydrogen-bond donors (Lipinski definition) is 1. The average molecular weight is 292 g/mol. The third-order valence-corrected chi connectivity index (χ3v) is 3.80. The summed E-state index contributed by atoms with van der Waals surface area (Å²) >= 11 is 0. The van der Waals surface area contributed by atoms with E-state index in [1.807, 2.05) is 38.1 Å². The summed E-state index contributed by atoms with van der Waals surface area (Å²) in [7, 11) is 1.64. The number of nitrogens with zero attached hydrogens (tertiary/aromatic N) is 1. The minimum Gasteiger partial charge on any atom is -0.497 e. The maximum atomic E-state index is 12.1. The molecule has 0 spiro atoms. The summed E-state index contributed by atoms with van der Waals surface area (Å²) in [5.41, 5.74) is 7.34. The summed E-state index contributed by atoms with van der Waals surface area (Å²) in [4.78, 5) is 13.9. The van der Waals surface area contributed by atoms with Crippen LogP contribution in [0.3, 0.4) is 0 Å². The zero-order chi connectivity index (χ0) is 15.4. The number of hydrogen-bond acceptors (Lipinski definition) is 4. The third kappa shape index (κ3) is 3.95. The van der Waals surface area contributed by atoms with Crippen molar-refractivity contribution in [3.63, 3.8) is 0 Å². The standard InChI is InChI=1S/C16H24N2O3/c1-11(2)21-10-16(19)18-8-14(15(17)9-18)12-4-6-13(20-3)7-5-12/h4-7,11,14-15H,8-10,17H2,1-3H3/t14-,15+/m1/s1. The maximum Gasteiger partial charge on any atom is 0.248 e. The molecule has 2 atom stereocenters. The first kappa shape index (κ1) is 15.8. The Kier molecular flexibility index (Phi) is 5.20. The molecule has 5 nitrogen and oxygen atoms in total. The first-order chi connectivity index (χ1) is 10.0. The predicted molar refractivity (Wildman–Crippen MR) is 81.4 cm³/mol. The van der Waals surface area contributed by atoms with Crippen LogP contribution in [0.2, 0.25) is 0 Å². The average Bonchev–Trinajstić information content (AvgIpc) is 2.87. The molecule has 21 heavy (non-hydrogen) atoms. The van der Waals surface area contributed by atoms with Crippen molar-refractivity contribution in [1.29, 1.82) is 0 Å². The zero-order valence-electron chi connectivity index (χ0n) is 12.9. The van der Waals surface area contributed by atoms with Crippen molar-refractivity contribution >= 4 is 5.91 Å². The predicted octanol–water partition coefficient (Wildman–Crippen LogP) is 1.37.